The monoisotopic (exact) mass is 111 g/mol. The molecular formula is C5H9N3. The first kappa shape index (κ1) is 7.01. The van der Waals surface area contributed by atoms with Crippen LogP contribution < -0.4 is 0 Å². The molecule has 0 fully saturated rings. The first-order chi connectivity index (χ1) is 3.81. The third-order valence-corrected chi connectivity index (χ3v) is 0.584. The van der Waals surface area contributed by atoms with Gasteiger partial charge in [-0.3, -0.25) is 4.99 Å². The van der Waals surface area contributed by atoms with E-state index in [0.717, 1.165) is 5.70 Å². The Kier molecular flexibility index (Phi) is 3.66. The Bertz CT molecular complexity index is 124. The minimum absolute atomic E-state index is 0.752. The van der Waals surface area contributed by atoms with Crippen LogP contribution in [0, 0.1) is 5.53 Å². The summed E-state index contributed by atoms with van der Waals surface area (Å²) >= 11 is 0. The van der Waals surface area contributed by atoms with Crippen LogP contribution in [0.5, 0.6) is 0 Å². The number of allylic oxidation sites excluding steroid dienone is 1. The number of aliphatic imine (C=N–C) groups is 1. The Labute approximate surface area is 48.6 Å². The van der Waals surface area contributed by atoms with Crippen LogP contribution in [0.4, 0.5) is 0 Å². The maximum absolute atomic E-state index is 6.39. The highest BCUT2D eigenvalue weighted by Gasteiger charge is 1.74. The topological polar surface area (TPSA) is 48.6 Å². The van der Waals surface area contributed by atoms with Crippen molar-refractivity contribution in [1.29, 1.82) is 5.53 Å². The average molecular weight is 111 g/mol. The first-order valence-electron chi connectivity index (χ1n) is 2.33. The van der Waals surface area contributed by atoms with Crippen molar-refractivity contribution >= 4 is 6.21 Å². The lowest BCUT2D eigenvalue weighted by molar-refractivity contribution is 1.11. The number of hydrogen-bond acceptors (Lipinski definition) is 3. The third-order valence-electron chi connectivity index (χ3n) is 0.584. The van der Waals surface area contributed by atoms with Gasteiger partial charge in [0.25, 0.3) is 0 Å². The molecule has 8 heavy (non-hydrogen) atoms. The molecule has 44 valence electrons. The van der Waals surface area contributed by atoms with E-state index >= 15 is 0 Å². The summed E-state index contributed by atoms with van der Waals surface area (Å²) in [6.45, 7) is 3.61. The predicted octanol–water partition coefficient (Wildman–Crippen LogP) is 1.97. The highest BCUT2D eigenvalue weighted by Crippen LogP contribution is 1.91. The van der Waals surface area contributed by atoms with Gasteiger partial charge in [-0.25, -0.2) is 5.53 Å². The lowest BCUT2D eigenvalue weighted by atomic mass is 10.5. The molecule has 0 spiro atoms. The molecule has 0 amide bonds. The first-order valence-corrected chi connectivity index (χ1v) is 2.33. The van der Waals surface area contributed by atoms with Crippen molar-refractivity contribution in [2.24, 2.45) is 10.1 Å². The SMILES string of the molecule is CC=N/C(C)=C\N=N. The van der Waals surface area contributed by atoms with Crippen LogP contribution in [0.2, 0.25) is 0 Å². The van der Waals surface area contributed by atoms with Gasteiger partial charge in [0, 0.05) is 6.21 Å². The molecule has 0 aromatic rings. The van der Waals surface area contributed by atoms with E-state index in [4.69, 9.17) is 5.53 Å². The zero-order chi connectivity index (χ0) is 6.41. The van der Waals surface area contributed by atoms with E-state index < -0.39 is 0 Å². The van der Waals surface area contributed by atoms with Gasteiger partial charge in [0.1, 0.15) is 0 Å². The van der Waals surface area contributed by atoms with Gasteiger partial charge in [-0.2, -0.15) is 5.11 Å². The van der Waals surface area contributed by atoms with E-state index in [1.807, 2.05) is 6.92 Å². The maximum atomic E-state index is 6.39. The van der Waals surface area contributed by atoms with Crippen molar-refractivity contribution in [2.45, 2.75) is 13.8 Å². The molecule has 0 saturated heterocycles. The molecule has 0 aliphatic carbocycles. The third kappa shape index (κ3) is 3.21. The maximum Gasteiger partial charge on any atom is 0.0700 e. The zero-order valence-electron chi connectivity index (χ0n) is 5.05. The van der Waals surface area contributed by atoms with Crippen LogP contribution >= 0.6 is 0 Å². The highest BCUT2D eigenvalue weighted by atomic mass is 14.9. The molecule has 3 heteroatoms. The smallest absolute Gasteiger partial charge is 0.0700 e. The van der Waals surface area contributed by atoms with Crippen molar-refractivity contribution < 1.29 is 0 Å². The van der Waals surface area contributed by atoms with Crippen LogP contribution in [0.1, 0.15) is 13.8 Å². The van der Waals surface area contributed by atoms with Gasteiger partial charge in [0.2, 0.25) is 0 Å². The lowest BCUT2D eigenvalue weighted by Gasteiger charge is -1.81. The molecule has 0 aromatic heterocycles. The second kappa shape index (κ2) is 4.18. The second-order valence-corrected chi connectivity index (χ2v) is 1.29. The minimum Gasteiger partial charge on any atom is -0.265 e. The molecule has 0 saturated carbocycles. The molecule has 0 aliphatic rings. The van der Waals surface area contributed by atoms with E-state index in [-0.39, 0.29) is 0 Å². The van der Waals surface area contributed by atoms with Gasteiger partial charge in [0.15, 0.2) is 0 Å². The summed E-state index contributed by atoms with van der Waals surface area (Å²) < 4.78 is 0. The predicted molar refractivity (Wildman–Crippen MR) is 33.1 cm³/mol. The number of nitrogens with zero attached hydrogens (tertiary/aromatic N) is 2. The van der Waals surface area contributed by atoms with Gasteiger partial charge in [-0.1, -0.05) is 0 Å². The van der Waals surface area contributed by atoms with Gasteiger partial charge >= 0.3 is 0 Å². The van der Waals surface area contributed by atoms with Crippen molar-refractivity contribution in [1.82, 2.24) is 0 Å². The van der Waals surface area contributed by atoms with Gasteiger partial charge in [-0.15, -0.1) is 0 Å². The molecule has 0 atom stereocenters. The Morgan fingerprint density at radius 1 is 1.62 bits per heavy atom. The summed E-state index contributed by atoms with van der Waals surface area (Å²) in [7, 11) is 0. The normalized spacial score (nSPS) is 12.5. The van der Waals surface area contributed by atoms with E-state index in [0.29, 0.717) is 0 Å². The lowest BCUT2D eigenvalue weighted by Crippen LogP contribution is -1.65. The molecule has 0 rings (SSSR count). The fourth-order valence-corrected chi connectivity index (χ4v) is 0.330. The molecule has 0 radical (unpaired) electrons. The van der Waals surface area contributed by atoms with Crippen molar-refractivity contribution in [2.75, 3.05) is 0 Å². The van der Waals surface area contributed by atoms with Crippen LogP contribution in [0.15, 0.2) is 22.0 Å². The van der Waals surface area contributed by atoms with Gasteiger partial charge in [-0.05, 0) is 13.8 Å². The highest BCUT2D eigenvalue weighted by molar-refractivity contribution is 5.54. The largest absolute Gasteiger partial charge is 0.265 e. The van der Waals surface area contributed by atoms with E-state index in [1.54, 1.807) is 13.1 Å². The van der Waals surface area contributed by atoms with Crippen molar-refractivity contribution in [3.63, 3.8) is 0 Å². The van der Waals surface area contributed by atoms with E-state index in [9.17, 15) is 0 Å². The van der Waals surface area contributed by atoms with Crippen molar-refractivity contribution in [3.05, 3.63) is 11.9 Å². The second-order valence-electron chi connectivity index (χ2n) is 1.29. The Morgan fingerprint density at radius 3 is 2.62 bits per heavy atom. The van der Waals surface area contributed by atoms with Crippen LogP contribution in [0.25, 0.3) is 0 Å². The van der Waals surface area contributed by atoms with Crippen LogP contribution in [-0.2, 0) is 0 Å². The molecule has 0 aliphatic heterocycles. The van der Waals surface area contributed by atoms with Gasteiger partial charge in [0.05, 0.1) is 11.9 Å². The van der Waals surface area contributed by atoms with E-state index in [1.165, 1.54) is 6.20 Å². The Balaban J connectivity index is 3.79. The minimum atomic E-state index is 0.752. The Morgan fingerprint density at radius 2 is 2.25 bits per heavy atom. The fraction of sp³-hybridized carbons (Fsp3) is 0.400. The standard InChI is InChI=1S/C5H9N3/c1-3-7-5(2)4-8-6/h3-4,6H,1-2H3/b5-4-,7-3?,8-6?. The zero-order valence-corrected chi connectivity index (χ0v) is 5.05. The average Bonchev–Trinajstić information content (AvgIpc) is 1.68. The molecule has 1 N–H and O–H groups in total. The summed E-state index contributed by atoms with van der Waals surface area (Å²) in [6, 6.07) is 0. The van der Waals surface area contributed by atoms with Crippen LogP contribution in [-0.4, -0.2) is 6.21 Å². The quantitative estimate of drug-likeness (QED) is 0.418. The molecule has 0 heterocycles. The molecular weight excluding hydrogens is 102 g/mol. The summed E-state index contributed by atoms with van der Waals surface area (Å²) in [4.78, 5) is 3.84. The molecule has 0 aromatic carbocycles. The van der Waals surface area contributed by atoms with Gasteiger partial charge < -0.3 is 0 Å². The molecule has 3 nitrogen and oxygen atoms in total. The molecule has 0 bridgehead atoms. The summed E-state index contributed by atoms with van der Waals surface area (Å²) in [6.07, 6.45) is 3.05. The molecule has 0 unspecified atom stereocenters. The summed E-state index contributed by atoms with van der Waals surface area (Å²) in [5.41, 5.74) is 7.14. The van der Waals surface area contributed by atoms with Crippen molar-refractivity contribution in [3.8, 4) is 0 Å². The summed E-state index contributed by atoms with van der Waals surface area (Å²) in [5.74, 6) is 0. The van der Waals surface area contributed by atoms with E-state index in [2.05, 4.69) is 10.1 Å². The number of nitrogens with one attached hydrogen (secondary N) is 1. The summed E-state index contributed by atoms with van der Waals surface area (Å²) in [5, 5.41) is 3.03. The number of hydrogen-bond donors (Lipinski definition) is 1. The Hall–Kier alpha value is -0.990. The number of rotatable bonds is 2. The van der Waals surface area contributed by atoms with Crippen LogP contribution in [0.3, 0.4) is 0 Å². The fourth-order valence-electron chi connectivity index (χ4n) is 0.330.